The first kappa shape index (κ1) is 14.3. The summed E-state index contributed by atoms with van der Waals surface area (Å²) in [5, 5.41) is 11.9. The topological polar surface area (TPSA) is 56.3 Å². The highest BCUT2D eigenvalue weighted by Crippen LogP contribution is 2.36. The highest BCUT2D eigenvalue weighted by Gasteiger charge is 2.18. The molecule has 3 rings (SSSR count). The van der Waals surface area contributed by atoms with E-state index in [1.54, 1.807) is 12.1 Å². The van der Waals surface area contributed by atoms with Crippen molar-refractivity contribution in [1.29, 1.82) is 0 Å². The molecule has 0 saturated heterocycles. The molecule has 1 heterocycles. The van der Waals surface area contributed by atoms with E-state index >= 15 is 0 Å². The maximum Gasteiger partial charge on any atom is 0.270 e. The second-order valence-electron chi connectivity index (χ2n) is 5.32. The van der Waals surface area contributed by atoms with E-state index in [0.29, 0.717) is 5.58 Å². The van der Waals surface area contributed by atoms with Crippen molar-refractivity contribution in [2.24, 2.45) is 0 Å². The van der Waals surface area contributed by atoms with Crippen LogP contribution in [0.25, 0.3) is 22.3 Å². The summed E-state index contributed by atoms with van der Waals surface area (Å²) >= 11 is 0. The Hall–Kier alpha value is -2.62. The second-order valence-corrected chi connectivity index (χ2v) is 5.32. The van der Waals surface area contributed by atoms with Gasteiger partial charge in [-0.3, -0.25) is 10.1 Å². The number of hydrogen-bond acceptors (Lipinski definition) is 3. The predicted octanol–water partition coefficient (Wildman–Crippen LogP) is 5.35. The molecule has 0 unspecified atom stereocenters. The lowest BCUT2D eigenvalue weighted by Gasteiger charge is -2.02. The van der Waals surface area contributed by atoms with Crippen molar-refractivity contribution in [3.8, 4) is 11.3 Å². The number of hydrogen-bond donors (Lipinski definition) is 0. The summed E-state index contributed by atoms with van der Waals surface area (Å²) in [6.45, 7) is 2.13. The molecular weight excluding hydrogens is 278 g/mol. The van der Waals surface area contributed by atoms with E-state index in [1.165, 1.54) is 6.07 Å². The number of nitro benzene ring substituents is 1. The van der Waals surface area contributed by atoms with Gasteiger partial charge in [-0.25, -0.2) is 0 Å². The maximum absolute atomic E-state index is 11.0. The predicted molar refractivity (Wildman–Crippen MR) is 86.9 cm³/mol. The Morgan fingerprint density at radius 1 is 1.14 bits per heavy atom. The number of nitro groups is 1. The minimum absolute atomic E-state index is 0.102. The molecule has 2 aromatic carbocycles. The van der Waals surface area contributed by atoms with Gasteiger partial charge in [0.05, 0.1) is 4.92 Å². The van der Waals surface area contributed by atoms with Crippen LogP contribution in [0.4, 0.5) is 5.69 Å². The molecule has 0 aliphatic carbocycles. The van der Waals surface area contributed by atoms with Crippen molar-refractivity contribution in [1.82, 2.24) is 0 Å². The molecule has 4 heteroatoms. The van der Waals surface area contributed by atoms with Gasteiger partial charge in [-0.1, -0.05) is 43.7 Å². The van der Waals surface area contributed by atoms with Crippen molar-refractivity contribution < 1.29 is 9.34 Å². The number of unbranched alkanes of at least 4 members (excludes halogenated alkanes) is 1. The van der Waals surface area contributed by atoms with Crippen LogP contribution in [0.1, 0.15) is 25.3 Å². The quantitative estimate of drug-likeness (QED) is 0.471. The Labute approximate surface area is 128 Å². The average Bonchev–Trinajstić information content (AvgIpc) is 2.91. The lowest BCUT2D eigenvalue weighted by Crippen LogP contribution is -1.89. The zero-order chi connectivity index (χ0) is 15.5. The first-order chi connectivity index (χ1) is 10.7. The number of fused-ring (bicyclic) bond motifs is 1. The van der Waals surface area contributed by atoms with Crippen LogP contribution in [-0.2, 0) is 6.42 Å². The summed E-state index contributed by atoms with van der Waals surface area (Å²) in [5.41, 5.74) is 2.88. The molecule has 0 aliphatic heterocycles. The van der Waals surface area contributed by atoms with E-state index in [-0.39, 0.29) is 10.6 Å². The third-order valence-electron chi connectivity index (χ3n) is 3.80. The summed E-state index contributed by atoms with van der Waals surface area (Å²) < 4.78 is 5.99. The zero-order valence-electron chi connectivity index (χ0n) is 12.4. The molecule has 0 spiro atoms. The first-order valence-electron chi connectivity index (χ1n) is 7.46. The van der Waals surface area contributed by atoms with Gasteiger partial charge in [0.15, 0.2) is 0 Å². The third kappa shape index (κ3) is 2.60. The largest absolute Gasteiger partial charge is 0.456 e. The number of nitrogens with zero attached hydrogens (tertiary/aromatic N) is 1. The molecule has 112 valence electrons. The molecule has 4 nitrogen and oxygen atoms in total. The van der Waals surface area contributed by atoms with Gasteiger partial charge in [0, 0.05) is 28.6 Å². The lowest BCUT2D eigenvalue weighted by molar-refractivity contribution is -0.384. The maximum atomic E-state index is 11.0. The first-order valence-corrected chi connectivity index (χ1v) is 7.46. The van der Waals surface area contributed by atoms with E-state index in [1.807, 2.05) is 30.3 Å². The number of aryl methyl sites for hydroxylation is 1. The Morgan fingerprint density at radius 2 is 1.91 bits per heavy atom. The van der Waals surface area contributed by atoms with Gasteiger partial charge in [-0.15, -0.1) is 0 Å². The van der Waals surface area contributed by atoms with Crippen LogP contribution in [0.3, 0.4) is 0 Å². The molecule has 0 fully saturated rings. The molecule has 22 heavy (non-hydrogen) atoms. The van der Waals surface area contributed by atoms with Crippen LogP contribution in [-0.4, -0.2) is 4.92 Å². The van der Waals surface area contributed by atoms with E-state index in [9.17, 15) is 10.1 Å². The zero-order valence-corrected chi connectivity index (χ0v) is 12.4. The molecule has 0 saturated carbocycles. The average molecular weight is 295 g/mol. The van der Waals surface area contributed by atoms with Gasteiger partial charge in [-0.05, 0) is 18.9 Å². The van der Waals surface area contributed by atoms with Gasteiger partial charge in [0.25, 0.3) is 5.69 Å². The van der Waals surface area contributed by atoms with E-state index in [2.05, 4.69) is 6.92 Å². The number of benzene rings is 2. The van der Waals surface area contributed by atoms with Crippen LogP contribution in [0.15, 0.2) is 52.9 Å². The minimum atomic E-state index is -0.363. The molecule has 0 aliphatic rings. The lowest BCUT2D eigenvalue weighted by atomic mass is 10.0. The van der Waals surface area contributed by atoms with E-state index in [0.717, 1.165) is 41.5 Å². The van der Waals surface area contributed by atoms with E-state index < -0.39 is 0 Å². The van der Waals surface area contributed by atoms with Crippen molar-refractivity contribution >= 4 is 16.7 Å². The molecule has 0 atom stereocenters. The van der Waals surface area contributed by atoms with Crippen molar-refractivity contribution in [2.75, 3.05) is 0 Å². The van der Waals surface area contributed by atoms with Gasteiger partial charge in [0.1, 0.15) is 11.3 Å². The van der Waals surface area contributed by atoms with Crippen molar-refractivity contribution in [3.05, 3.63) is 64.2 Å². The minimum Gasteiger partial charge on any atom is -0.456 e. The van der Waals surface area contributed by atoms with Crippen LogP contribution in [0.2, 0.25) is 0 Å². The molecule has 0 N–H and O–H groups in total. The van der Waals surface area contributed by atoms with Crippen LogP contribution in [0.5, 0.6) is 0 Å². The second kappa shape index (κ2) is 6.02. The summed E-state index contributed by atoms with van der Waals surface area (Å²) in [6.07, 6.45) is 2.95. The third-order valence-corrected chi connectivity index (χ3v) is 3.80. The van der Waals surface area contributed by atoms with Gasteiger partial charge in [-0.2, -0.15) is 0 Å². The SMILES string of the molecule is CCCCc1c(-c2ccccc2)oc2ccc([N+](=O)[O-])cc12. The van der Waals surface area contributed by atoms with Crippen LogP contribution >= 0.6 is 0 Å². The molecule has 0 amide bonds. The summed E-state index contributed by atoms with van der Waals surface area (Å²) in [7, 11) is 0. The van der Waals surface area contributed by atoms with Crippen molar-refractivity contribution in [2.45, 2.75) is 26.2 Å². The summed E-state index contributed by atoms with van der Waals surface area (Å²) in [6, 6.07) is 14.7. The fraction of sp³-hybridized carbons (Fsp3) is 0.222. The van der Waals surface area contributed by atoms with Crippen LogP contribution < -0.4 is 0 Å². The number of furan rings is 1. The Morgan fingerprint density at radius 3 is 2.59 bits per heavy atom. The van der Waals surface area contributed by atoms with Gasteiger partial charge in [0.2, 0.25) is 0 Å². The smallest absolute Gasteiger partial charge is 0.270 e. The Balaban J connectivity index is 2.20. The van der Waals surface area contributed by atoms with Gasteiger partial charge >= 0.3 is 0 Å². The molecular formula is C18H17NO3. The number of non-ortho nitro benzene ring substituents is 1. The van der Waals surface area contributed by atoms with Crippen molar-refractivity contribution in [3.63, 3.8) is 0 Å². The fourth-order valence-electron chi connectivity index (χ4n) is 2.67. The molecule has 0 radical (unpaired) electrons. The molecule has 3 aromatic rings. The Bertz CT molecular complexity index is 806. The highest BCUT2D eigenvalue weighted by molar-refractivity contribution is 5.89. The monoisotopic (exact) mass is 295 g/mol. The van der Waals surface area contributed by atoms with Gasteiger partial charge < -0.3 is 4.42 Å². The Kier molecular flexibility index (Phi) is 3.92. The molecule has 0 bridgehead atoms. The van der Waals surface area contributed by atoms with E-state index in [4.69, 9.17) is 4.42 Å². The standard InChI is InChI=1S/C18H17NO3/c1-2-3-9-15-16-12-14(19(20)21)10-11-17(16)22-18(15)13-7-5-4-6-8-13/h4-8,10-12H,2-3,9H2,1H3. The molecule has 1 aromatic heterocycles. The summed E-state index contributed by atoms with van der Waals surface area (Å²) in [4.78, 5) is 10.7. The highest BCUT2D eigenvalue weighted by atomic mass is 16.6. The summed E-state index contributed by atoms with van der Waals surface area (Å²) in [5.74, 6) is 0.824. The normalized spacial score (nSPS) is 11.0. The fourth-order valence-corrected chi connectivity index (χ4v) is 2.67. The van der Waals surface area contributed by atoms with Crippen LogP contribution in [0, 0.1) is 10.1 Å². The number of rotatable bonds is 5.